The van der Waals surface area contributed by atoms with E-state index in [-0.39, 0.29) is 17.9 Å². The maximum Gasteiger partial charge on any atom is 0.254 e. The Hall–Kier alpha value is -2.97. The fraction of sp³-hybridized carbons (Fsp3) is 0.458. The van der Waals surface area contributed by atoms with Gasteiger partial charge in [-0.1, -0.05) is 30.3 Å². The number of hydrogen-bond acceptors (Lipinski definition) is 6. The lowest BCUT2D eigenvalue weighted by Crippen LogP contribution is -2.59. The molecule has 1 aromatic heterocycles. The Morgan fingerprint density at radius 2 is 1.78 bits per heavy atom. The number of aromatic nitrogens is 1. The molecule has 2 aliphatic heterocycles. The molecule has 8 nitrogen and oxygen atoms in total. The summed E-state index contributed by atoms with van der Waals surface area (Å²) in [7, 11) is 3.76. The van der Waals surface area contributed by atoms with E-state index in [0.29, 0.717) is 31.7 Å². The molecule has 3 heterocycles. The van der Waals surface area contributed by atoms with E-state index in [1.807, 2.05) is 24.3 Å². The molecule has 0 radical (unpaired) electrons. The van der Waals surface area contributed by atoms with Gasteiger partial charge in [-0.2, -0.15) is 0 Å². The monoisotopic (exact) mass is 436 g/mol. The minimum Gasteiger partial charge on any atom is -0.358 e. The summed E-state index contributed by atoms with van der Waals surface area (Å²) in [4.78, 5) is 38.9. The molecule has 1 aromatic carbocycles. The first kappa shape index (κ1) is 22.2. The van der Waals surface area contributed by atoms with E-state index in [1.54, 1.807) is 24.2 Å². The van der Waals surface area contributed by atoms with Crippen molar-refractivity contribution in [1.29, 1.82) is 0 Å². The van der Waals surface area contributed by atoms with Gasteiger partial charge in [0, 0.05) is 71.2 Å². The number of pyridine rings is 1. The molecule has 4 rings (SSSR count). The third-order valence-electron chi connectivity index (χ3n) is 6.38. The third kappa shape index (κ3) is 5.08. The van der Waals surface area contributed by atoms with Crippen molar-refractivity contribution >= 4 is 17.6 Å². The van der Waals surface area contributed by atoms with Gasteiger partial charge >= 0.3 is 0 Å². The minimum atomic E-state index is -0.378. The molecule has 2 aromatic rings. The van der Waals surface area contributed by atoms with Crippen LogP contribution in [0.1, 0.15) is 15.9 Å². The van der Waals surface area contributed by atoms with Gasteiger partial charge in [-0.15, -0.1) is 0 Å². The molecule has 1 unspecified atom stereocenters. The van der Waals surface area contributed by atoms with Crippen molar-refractivity contribution in [2.75, 3.05) is 64.8 Å². The Kier molecular flexibility index (Phi) is 7.02. The maximum atomic E-state index is 13.3. The largest absolute Gasteiger partial charge is 0.358 e. The zero-order chi connectivity index (χ0) is 22.5. The van der Waals surface area contributed by atoms with Crippen LogP contribution in [0, 0.1) is 0 Å². The van der Waals surface area contributed by atoms with E-state index in [4.69, 9.17) is 0 Å². The van der Waals surface area contributed by atoms with Crippen molar-refractivity contribution in [3.8, 4) is 0 Å². The summed E-state index contributed by atoms with van der Waals surface area (Å²) >= 11 is 0. The first-order valence-electron chi connectivity index (χ1n) is 11.2. The van der Waals surface area contributed by atoms with Crippen molar-refractivity contribution in [1.82, 2.24) is 25.0 Å². The first-order chi connectivity index (χ1) is 15.5. The first-order valence-corrected chi connectivity index (χ1v) is 11.2. The van der Waals surface area contributed by atoms with Crippen LogP contribution >= 0.6 is 0 Å². The lowest BCUT2D eigenvalue weighted by molar-refractivity contribution is -0.128. The standard InChI is InChI=1S/C24H32N6O2/c1-25-23(31)21-18-30(15-14-29(21)17-19-6-4-3-5-7-19)24(32)20-8-9-26-22(16-20)28-12-10-27(2)11-13-28/h3-9,16,21H,10-15,17-18H2,1-2H3,(H,25,31). The predicted molar refractivity (Wildman–Crippen MR) is 125 cm³/mol. The topological polar surface area (TPSA) is 72.0 Å². The number of carbonyl (C=O) groups is 2. The van der Waals surface area contributed by atoms with Crippen LogP contribution in [0.25, 0.3) is 0 Å². The molecule has 2 saturated heterocycles. The smallest absolute Gasteiger partial charge is 0.254 e. The van der Waals surface area contributed by atoms with Gasteiger partial charge in [0.2, 0.25) is 5.91 Å². The van der Waals surface area contributed by atoms with Gasteiger partial charge in [-0.05, 0) is 24.7 Å². The predicted octanol–water partition coefficient (Wildman–Crippen LogP) is 0.906. The summed E-state index contributed by atoms with van der Waals surface area (Å²) in [6.45, 7) is 6.06. The van der Waals surface area contributed by atoms with Gasteiger partial charge in [0.25, 0.3) is 5.91 Å². The minimum absolute atomic E-state index is 0.0453. The highest BCUT2D eigenvalue weighted by Gasteiger charge is 2.34. The van der Waals surface area contributed by atoms with Crippen molar-refractivity contribution < 1.29 is 9.59 Å². The molecule has 2 aliphatic rings. The Labute approximate surface area is 189 Å². The van der Waals surface area contributed by atoms with Crippen molar-refractivity contribution in [3.05, 3.63) is 59.8 Å². The Morgan fingerprint density at radius 3 is 2.50 bits per heavy atom. The van der Waals surface area contributed by atoms with E-state index < -0.39 is 0 Å². The summed E-state index contributed by atoms with van der Waals surface area (Å²) in [5, 5.41) is 2.77. The second-order valence-corrected chi connectivity index (χ2v) is 8.53. The molecule has 1 N–H and O–H groups in total. The molecule has 8 heteroatoms. The van der Waals surface area contributed by atoms with E-state index in [1.165, 1.54) is 0 Å². The SMILES string of the molecule is CNC(=O)C1CN(C(=O)c2ccnc(N3CCN(C)CC3)c2)CCN1Cc1ccccc1. The highest BCUT2D eigenvalue weighted by Crippen LogP contribution is 2.19. The van der Waals surface area contributed by atoms with Crippen LogP contribution in [0.5, 0.6) is 0 Å². The number of piperazine rings is 2. The average molecular weight is 437 g/mol. The molecular formula is C24H32N6O2. The van der Waals surface area contributed by atoms with Crippen molar-refractivity contribution in [3.63, 3.8) is 0 Å². The zero-order valence-corrected chi connectivity index (χ0v) is 18.9. The highest BCUT2D eigenvalue weighted by atomic mass is 16.2. The van der Waals surface area contributed by atoms with E-state index in [9.17, 15) is 9.59 Å². The van der Waals surface area contributed by atoms with E-state index in [0.717, 1.165) is 37.6 Å². The van der Waals surface area contributed by atoms with Gasteiger partial charge in [0.05, 0.1) is 0 Å². The second kappa shape index (κ2) is 10.1. The fourth-order valence-corrected chi connectivity index (χ4v) is 4.37. The van der Waals surface area contributed by atoms with E-state index in [2.05, 4.69) is 44.2 Å². The molecule has 2 fully saturated rings. The number of nitrogens with zero attached hydrogens (tertiary/aromatic N) is 5. The summed E-state index contributed by atoms with van der Waals surface area (Å²) in [6.07, 6.45) is 1.71. The number of likely N-dealkylation sites (N-methyl/N-ethyl adjacent to an activating group) is 2. The number of amides is 2. The molecule has 170 valence electrons. The number of anilines is 1. The van der Waals surface area contributed by atoms with Crippen LogP contribution in [0.3, 0.4) is 0 Å². The molecule has 0 bridgehead atoms. The summed E-state index contributed by atoms with van der Waals surface area (Å²) in [5.41, 5.74) is 1.79. The quantitative estimate of drug-likeness (QED) is 0.751. The number of benzene rings is 1. The Balaban J connectivity index is 1.46. The van der Waals surface area contributed by atoms with Crippen LogP contribution in [0.15, 0.2) is 48.7 Å². The van der Waals surface area contributed by atoms with Gasteiger partial charge in [-0.3, -0.25) is 14.5 Å². The highest BCUT2D eigenvalue weighted by molar-refractivity contribution is 5.95. The number of nitrogens with one attached hydrogen (secondary N) is 1. The fourth-order valence-electron chi connectivity index (χ4n) is 4.37. The number of rotatable bonds is 5. The summed E-state index contributed by atoms with van der Waals surface area (Å²) in [6, 6.07) is 13.4. The van der Waals surface area contributed by atoms with Gasteiger partial charge in [0.15, 0.2) is 0 Å². The molecule has 32 heavy (non-hydrogen) atoms. The molecule has 1 atom stereocenters. The lowest BCUT2D eigenvalue weighted by Gasteiger charge is -2.40. The molecular weight excluding hydrogens is 404 g/mol. The van der Waals surface area contributed by atoms with Gasteiger partial charge < -0.3 is 20.0 Å². The van der Waals surface area contributed by atoms with Gasteiger partial charge in [0.1, 0.15) is 11.9 Å². The van der Waals surface area contributed by atoms with Crippen LogP contribution in [0.2, 0.25) is 0 Å². The van der Waals surface area contributed by atoms with Crippen LogP contribution in [0.4, 0.5) is 5.82 Å². The van der Waals surface area contributed by atoms with E-state index >= 15 is 0 Å². The Bertz CT molecular complexity index is 929. The lowest BCUT2D eigenvalue weighted by atomic mass is 10.1. The summed E-state index contributed by atoms with van der Waals surface area (Å²) in [5.74, 6) is 0.733. The number of hydrogen-bond donors (Lipinski definition) is 1. The second-order valence-electron chi connectivity index (χ2n) is 8.53. The molecule has 2 amide bonds. The number of carbonyl (C=O) groups excluding carboxylic acids is 2. The van der Waals surface area contributed by atoms with Gasteiger partial charge in [-0.25, -0.2) is 4.98 Å². The third-order valence-corrected chi connectivity index (χ3v) is 6.38. The normalized spacial score (nSPS) is 20.2. The Morgan fingerprint density at radius 1 is 1.03 bits per heavy atom. The van der Waals surface area contributed by atoms with Crippen LogP contribution < -0.4 is 10.2 Å². The van der Waals surface area contributed by atoms with Crippen molar-refractivity contribution in [2.45, 2.75) is 12.6 Å². The molecule has 0 spiro atoms. The maximum absolute atomic E-state index is 13.3. The molecule has 0 saturated carbocycles. The van der Waals surface area contributed by atoms with Crippen LogP contribution in [-0.2, 0) is 11.3 Å². The zero-order valence-electron chi connectivity index (χ0n) is 18.9. The molecule has 0 aliphatic carbocycles. The van der Waals surface area contributed by atoms with Crippen LogP contribution in [-0.4, -0.2) is 97.4 Å². The van der Waals surface area contributed by atoms with Crippen molar-refractivity contribution in [2.24, 2.45) is 0 Å². The average Bonchev–Trinajstić information content (AvgIpc) is 2.84. The summed E-state index contributed by atoms with van der Waals surface area (Å²) < 4.78 is 0.